The van der Waals surface area contributed by atoms with E-state index in [-0.39, 0.29) is 6.10 Å². The molecule has 0 bridgehead atoms. The fourth-order valence-corrected chi connectivity index (χ4v) is 1.44. The lowest BCUT2D eigenvalue weighted by Gasteiger charge is -2.16. The first-order valence-corrected chi connectivity index (χ1v) is 5.91. The molecule has 0 saturated carbocycles. The molecule has 1 rings (SSSR count). The van der Waals surface area contributed by atoms with E-state index in [9.17, 15) is 18.0 Å². The molecule has 0 radical (unpaired) electrons. The fraction of sp³-hybridized carbons (Fsp3) is 0.357. The predicted octanol–water partition coefficient (Wildman–Crippen LogP) is 4.49. The third-order valence-electron chi connectivity index (χ3n) is 2.34. The molecular weight excluding hydrogens is 273 g/mol. The molecule has 1 atom stereocenters. The number of carbonyl (C=O) groups excluding carboxylic acids is 1. The molecule has 0 N–H and O–H groups in total. The molecular formula is C14H15F3O3. The fourth-order valence-electron chi connectivity index (χ4n) is 1.44. The molecule has 0 heterocycles. The molecule has 0 fully saturated rings. The summed E-state index contributed by atoms with van der Waals surface area (Å²) in [6, 6.07) is 4.31. The van der Waals surface area contributed by atoms with Gasteiger partial charge in [0.1, 0.15) is 6.10 Å². The van der Waals surface area contributed by atoms with Gasteiger partial charge in [0, 0.05) is 0 Å². The van der Waals surface area contributed by atoms with Crippen LogP contribution in [-0.2, 0) is 15.7 Å². The number of hydrogen-bond donors (Lipinski definition) is 0. The minimum absolute atomic E-state index is 0.347. The van der Waals surface area contributed by atoms with E-state index in [2.05, 4.69) is 6.58 Å². The van der Waals surface area contributed by atoms with Crippen molar-refractivity contribution in [2.75, 3.05) is 0 Å². The summed E-state index contributed by atoms with van der Waals surface area (Å²) in [6.07, 6.45) is -5.20. The number of ether oxygens (including phenoxy) is 2. The lowest BCUT2D eigenvalue weighted by Crippen LogP contribution is -2.15. The van der Waals surface area contributed by atoms with Crippen LogP contribution in [0.5, 0.6) is 0 Å². The van der Waals surface area contributed by atoms with Crippen LogP contribution in [0.4, 0.5) is 18.0 Å². The van der Waals surface area contributed by atoms with Crippen molar-refractivity contribution in [2.24, 2.45) is 0 Å². The Bertz CT molecular complexity index is 464. The van der Waals surface area contributed by atoms with E-state index >= 15 is 0 Å². The number of alkyl halides is 3. The van der Waals surface area contributed by atoms with Gasteiger partial charge in [-0.15, -0.1) is 0 Å². The van der Waals surface area contributed by atoms with E-state index in [4.69, 9.17) is 9.47 Å². The number of carbonyl (C=O) groups is 1. The third-order valence-corrected chi connectivity index (χ3v) is 2.34. The molecule has 3 nitrogen and oxygen atoms in total. The zero-order valence-electron chi connectivity index (χ0n) is 11.1. The van der Waals surface area contributed by atoms with Gasteiger partial charge in [0.25, 0.3) is 0 Å². The number of rotatable bonds is 4. The Morgan fingerprint density at radius 3 is 2.15 bits per heavy atom. The number of halogens is 3. The van der Waals surface area contributed by atoms with Crippen LogP contribution in [-0.4, -0.2) is 12.3 Å². The molecule has 1 unspecified atom stereocenters. The highest BCUT2D eigenvalue weighted by Crippen LogP contribution is 2.30. The van der Waals surface area contributed by atoms with Crippen LogP contribution in [0.25, 0.3) is 0 Å². The van der Waals surface area contributed by atoms with Gasteiger partial charge < -0.3 is 9.47 Å². The van der Waals surface area contributed by atoms with E-state index in [1.54, 1.807) is 13.8 Å². The molecule has 110 valence electrons. The smallest absolute Gasteiger partial charge is 0.432 e. The summed E-state index contributed by atoms with van der Waals surface area (Å²) in [5.74, 6) is 0. The lowest BCUT2D eigenvalue weighted by atomic mass is 10.1. The van der Waals surface area contributed by atoms with Crippen molar-refractivity contribution in [1.29, 1.82) is 0 Å². The Kier molecular flexibility index (Phi) is 5.19. The minimum atomic E-state index is -4.40. The summed E-state index contributed by atoms with van der Waals surface area (Å²) in [7, 11) is 0. The van der Waals surface area contributed by atoms with E-state index in [0.717, 1.165) is 12.1 Å². The van der Waals surface area contributed by atoms with Gasteiger partial charge in [-0.1, -0.05) is 18.7 Å². The largest absolute Gasteiger partial charge is 0.509 e. The van der Waals surface area contributed by atoms with Crippen molar-refractivity contribution in [3.05, 3.63) is 48.0 Å². The van der Waals surface area contributed by atoms with Gasteiger partial charge in [0.05, 0.1) is 11.7 Å². The molecule has 6 heteroatoms. The van der Waals surface area contributed by atoms with E-state index < -0.39 is 24.0 Å². The van der Waals surface area contributed by atoms with Gasteiger partial charge in [-0.2, -0.15) is 13.2 Å². The zero-order chi connectivity index (χ0) is 15.3. The first-order chi connectivity index (χ1) is 9.24. The summed E-state index contributed by atoms with van der Waals surface area (Å²) in [6.45, 7) is 6.80. The molecule has 1 aromatic rings. The highest BCUT2D eigenvalue weighted by atomic mass is 19.4. The Balaban J connectivity index is 2.80. The predicted molar refractivity (Wildman–Crippen MR) is 67.1 cm³/mol. The van der Waals surface area contributed by atoms with E-state index in [1.807, 2.05) is 0 Å². The highest BCUT2D eigenvalue weighted by Gasteiger charge is 2.30. The first-order valence-electron chi connectivity index (χ1n) is 5.91. The molecule has 0 aromatic heterocycles. The molecule has 0 aliphatic carbocycles. The summed E-state index contributed by atoms with van der Waals surface area (Å²) >= 11 is 0. The summed E-state index contributed by atoms with van der Waals surface area (Å²) in [4.78, 5) is 11.4. The van der Waals surface area contributed by atoms with E-state index in [0.29, 0.717) is 5.56 Å². The van der Waals surface area contributed by atoms with Crippen molar-refractivity contribution < 1.29 is 27.4 Å². The second kappa shape index (κ2) is 6.45. The molecule has 0 saturated heterocycles. The molecule has 0 aliphatic rings. The second-order valence-corrected chi connectivity index (χ2v) is 4.31. The van der Waals surface area contributed by atoms with Gasteiger partial charge in [0.2, 0.25) is 0 Å². The zero-order valence-corrected chi connectivity index (χ0v) is 11.1. The Hall–Kier alpha value is -1.98. The van der Waals surface area contributed by atoms with Gasteiger partial charge in [-0.25, -0.2) is 4.79 Å². The summed E-state index contributed by atoms with van der Waals surface area (Å²) in [5.41, 5.74) is -0.387. The number of benzene rings is 1. The minimum Gasteiger partial charge on any atom is -0.432 e. The topological polar surface area (TPSA) is 35.5 Å². The maximum absolute atomic E-state index is 12.4. The van der Waals surface area contributed by atoms with Crippen LogP contribution in [0.15, 0.2) is 36.9 Å². The average Bonchev–Trinajstić information content (AvgIpc) is 2.34. The standard InChI is InChI=1S/C14H15F3O3/c1-4-12(20-13(18)19-9(2)3)10-5-7-11(8-6-10)14(15,16)17/h4-9,12H,1H2,2-3H3. The quantitative estimate of drug-likeness (QED) is 0.604. The number of hydrogen-bond acceptors (Lipinski definition) is 3. The van der Waals surface area contributed by atoms with Crippen molar-refractivity contribution >= 4 is 6.16 Å². The van der Waals surface area contributed by atoms with Crippen molar-refractivity contribution in [1.82, 2.24) is 0 Å². The Labute approximate surface area is 115 Å². The lowest BCUT2D eigenvalue weighted by molar-refractivity contribution is -0.137. The van der Waals surface area contributed by atoms with Gasteiger partial charge in [-0.05, 0) is 37.6 Å². The second-order valence-electron chi connectivity index (χ2n) is 4.31. The van der Waals surface area contributed by atoms with E-state index in [1.165, 1.54) is 18.2 Å². The average molecular weight is 288 g/mol. The van der Waals surface area contributed by atoms with Gasteiger partial charge in [0.15, 0.2) is 0 Å². The van der Waals surface area contributed by atoms with Crippen LogP contribution >= 0.6 is 0 Å². The van der Waals surface area contributed by atoms with Crippen LogP contribution in [0.1, 0.15) is 31.1 Å². The van der Waals surface area contributed by atoms with Crippen molar-refractivity contribution in [3.8, 4) is 0 Å². The Morgan fingerprint density at radius 2 is 1.75 bits per heavy atom. The normalized spacial score (nSPS) is 12.9. The molecule has 0 spiro atoms. The third kappa shape index (κ3) is 4.60. The summed E-state index contributed by atoms with van der Waals surface area (Å²) in [5, 5.41) is 0. The van der Waals surface area contributed by atoms with Crippen LogP contribution in [0.3, 0.4) is 0 Å². The maximum Gasteiger partial charge on any atom is 0.509 e. The monoisotopic (exact) mass is 288 g/mol. The van der Waals surface area contributed by atoms with Crippen molar-refractivity contribution in [2.45, 2.75) is 32.2 Å². The van der Waals surface area contributed by atoms with Gasteiger partial charge in [-0.3, -0.25) is 0 Å². The Morgan fingerprint density at radius 1 is 1.20 bits per heavy atom. The van der Waals surface area contributed by atoms with Crippen LogP contribution in [0, 0.1) is 0 Å². The maximum atomic E-state index is 12.4. The van der Waals surface area contributed by atoms with Gasteiger partial charge >= 0.3 is 12.3 Å². The van der Waals surface area contributed by atoms with Crippen molar-refractivity contribution in [3.63, 3.8) is 0 Å². The molecule has 20 heavy (non-hydrogen) atoms. The van der Waals surface area contributed by atoms with Crippen LogP contribution < -0.4 is 0 Å². The summed E-state index contributed by atoms with van der Waals surface area (Å²) < 4.78 is 47.0. The SMILES string of the molecule is C=CC(OC(=O)OC(C)C)c1ccc(C(F)(F)F)cc1. The highest BCUT2D eigenvalue weighted by molar-refractivity contribution is 5.60. The molecule has 0 aliphatic heterocycles. The molecule has 1 aromatic carbocycles. The first kappa shape index (κ1) is 16.1. The van der Waals surface area contributed by atoms with Crippen LogP contribution in [0.2, 0.25) is 0 Å². The molecule has 0 amide bonds.